The van der Waals surface area contributed by atoms with Crippen LogP contribution in [0.2, 0.25) is 0 Å². The summed E-state index contributed by atoms with van der Waals surface area (Å²) in [7, 11) is 0. The lowest BCUT2D eigenvalue weighted by atomic mass is 9.83. The van der Waals surface area contributed by atoms with Crippen molar-refractivity contribution in [1.29, 1.82) is 0 Å². The fourth-order valence-electron chi connectivity index (χ4n) is 2.42. The Bertz CT molecular complexity index is 396. The van der Waals surface area contributed by atoms with E-state index in [0.717, 1.165) is 36.8 Å². The number of carbonyl (C=O) groups is 1. The van der Waals surface area contributed by atoms with E-state index in [-0.39, 0.29) is 11.4 Å². The third kappa shape index (κ3) is 2.83. The van der Waals surface area contributed by atoms with Gasteiger partial charge in [-0.2, -0.15) is 11.3 Å². The third-order valence-electron chi connectivity index (χ3n) is 3.55. The largest absolute Gasteiger partial charge is 0.345 e. The van der Waals surface area contributed by atoms with Gasteiger partial charge in [0, 0.05) is 11.3 Å². The fourth-order valence-corrected chi connectivity index (χ4v) is 3.58. The summed E-state index contributed by atoms with van der Waals surface area (Å²) in [6.07, 6.45) is 5.59. The van der Waals surface area contributed by atoms with Crippen LogP contribution in [-0.2, 0) is 0 Å². The second-order valence-electron chi connectivity index (χ2n) is 4.90. The van der Waals surface area contributed by atoms with Gasteiger partial charge in [-0.1, -0.05) is 19.3 Å². The number of carbonyl (C=O) groups excluding carboxylic acids is 1. The van der Waals surface area contributed by atoms with E-state index < -0.39 is 0 Å². The minimum atomic E-state index is -0.175. The smallest absolute Gasteiger partial charge is 0.252 e. The van der Waals surface area contributed by atoms with E-state index in [2.05, 4.69) is 5.32 Å². The molecule has 1 N–H and O–H groups in total. The molecule has 0 spiro atoms. The molecule has 1 aromatic heterocycles. The van der Waals surface area contributed by atoms with Gasteiger partial charge >= 0.3 is 0 Å². The van der Waals surface area contributed by atoms with Crippen molar-refractivity contribution in [1.82, 2.24) is 5.32 Å². The Morgan fingerprint density at radius 1 is 1.41 bits per heavy atom. The number of amides is 1. The van der Waals surface area contributed by atoms with Crippen molar-refractivity contribution in [2.75, 3.05) is 5.88 Å². The van der Waals surface area contributed by atoms with Crippen LogP contribution >= 0.6 is 22.9 Å². The number of alkyl halides is 1. The predicted molar refractivity (Wildman–Crippen MR) is 73.1 cm³/mol. The van der Waals surface area contributed by atoms with E-state index in [9.17, 15) is 4.79 Å². The average molecular weight is 272 g/mol. The average Bonchev–Trinajstić information content (AvgIpc) is 2.77. The summed E-state index contributed by atoms with van der Waals surface area (Å²) in [5, 5.41) is 7.08. The van der Waals surface area contributed by atoms with Gasteiger partial charge in [-0.3, -0.25) is 4.79 Å². The SMILES string of the molecule is Cc1cscc1C(=O)NC1(CCl)CCCCC1. The van der Waals surface area contributed by atoms with E-state index in [1.807, 2.05) is 17.7 Å². The molecule has 1 aromatic rings. The Hall–Kier alpha value is -0.540. The lowest BCUT2D eigenvalue weighted by Gasteiger charge is -2.36. The van der Waals surface area contributed by atoms with Gasteiger partial charge in [0.25, 0.3) is 5.91 Å². The van der Waals surface area contributed by atoms with Gasteiger partial charge in [0.15, 0.2) is 0 Å². The Balaban J connectivity index is 2.08. The van der Waals surface area contributed by atoms with Gasteiger partial charge in [-0.15, -0.1) is 11.6 Å². The molecule has 2 nitrogen and oxygen atoms in total. The van der Waals surface area contributed by atoms with Gasteiger partial charge in [-0.05, 0) is 30.7 Å². The van der Waals surface area contributed by atoms with Crippen molar-refractivity contribution in [3.05, 3.63) is 21.9 Å². The molecule has 1 saturated carbocycles. The van der Waals surface area contributed by atoms with Gasteiger partial charge in [-0.25, -0.2) is 0 Å². The number of nitrogens with one attached hydrogen (secondary N) is 1. The number of thiophene rings is 1. The zero-order valence-electron chi connectivity index (χ0n) is 10.1. The molecule has 1 aliphatic rings. The molecule has 1 aliphatic carbocycles. The van der Waals surface area contributed by atoms with E-state index in [4.69, 9.17) is 11.6 Å². The highest BCUT2D eigenvalue weighted by atomic mass is 35.5. The number of hydrogen-bond donors (Lipinski definition) is 1. The summed E-state index contributed by atoms with van der Waals surface area (Å²) in [6.45, 7) is 1.97. The second-order valence-corrected chi connectivity index (χ2v) is 5.91. The molecule has 0 unspecified atom stereocenters. The molecule has 1 heterocycles. The molecule has 0 atom stereocenters. The highest BCUT2D eigenvalue weighted by Gasteiger charge is 2.33. The van der Waals surface area contributed by atoms with Gasteiger partial charge in [0.05, 0.1) is 11.1 Å². The van der Waals surface area contributed by atoms with Crippen LogP contribution in [0.15, 0.2) is 10.8 Å². The molecule has 17 heavy (non-hydrogen) atoms. The summed E-state index contributed by atoms with van der Waals surface area (Å²) in [6, 6.07) is 0. The lowest BCUT2D eigenvalue weighted by Crippen LogP contribution is -2.51. The maximum Gasteiger partial charge on any atom is 0.252 e. The molecular weight excluding hydrogens is 254 g/mol. The van der Waals surface area contributed by atoms with E-state index in [1.54, 1.807) is 11.3 Å². The van der Waals surface area contributed by atoms with Crippen molar-refractivity contribution < 1.29 is 4.79 Å². The Labute approximate surface area is 111 Å². The van der Waals surface area contributed by atoms with E-state index in [1.165, 1.54) is 6.42 Å². The molecular formula is C13H18ClNOS. The summed E-state index contributed by atoms with van der Waals surface area (Å²) in [5.41, 5.74) is 1.67. The van der Waals surface area contributed by atoms with Gasteiger partial charge < -0.3 is 5.32 Å². The molecule has 1 amide bonds. The standard InChI is InChI=1S/C13H18ClNOS/c1-10-7-17-8-11(10)12(16)15-13(9-14)5-3-2-4-6-13/h7-8H,2-6,9H2,1H3,(H,15,16). The third-order valence-corrected chi connectivity index (χ3v) is 4.92. The highest BCUT2D eigenvalue weighted by molar-refractivity contribution is 7.08. The quantitative estimate of drug-likeness (QED) is 0.834. The van der Waals surface area contributed by atoms with Crippen molar-refractivity contribution in [3.8, 4) is 0 Å². The molecule has 0 aliphatic heterocycles. The van der Waals surface area contributed by atoms with Crippen molar-refractivity contribution in [2.45, 2.75) is 44.6 Å². The Morgan fingerprint density at radius 3 is 2.65 bits per heavy atom. The van der Waals surface area contributed by atoms with Gasteiger partial charge in [0.2, 0.25) is 0 Å². The summed E-state index contributed by atoms with van der Waals surface area (Å²) in [4.78, 5) is 12.2. The molecule has 0 saturated heterocycles. The van der Waals surface area contributed by atoms with Crippen LogP contribution in [0.4, 0.5) is 0 Å². The normalized spacial score (nSPS) is 18.9. The van der Waals surface area contributed by atoms with E-state index >= 15 is 0 Å². The fraction of sp³-hybridized carbons (Fsp3) is 0.615. The minimum absolute atomic E-state index is 0.0336. The first-order chi connectivity index (χ1) is 8.17. The zero-order valence-corrected chi connectivity index (χ0v) is 11.7. The maximum atomic E-state index is 12.2. The maximum absolute atomic E-state index is 12.2. The first-order valence-electron chi connectivity index (χ1n) is 6.08. The monoisotopic (exact) mass is 271 g/mol. The zero-order chi connectivity index (χ0) is 12.3. The summed E-state index contributed by atoms with van der Waals surface area (Å²) < 4.78 is 0. The van der Waals surface area contributed by atoms with Crippen LogP contribution in [0.5, 0.6) is 0 Å². The summed E-state index contributed by atoms with van der Waals surface area (Å²) >= 11 is 7.64. The van der Waals surface area contributed by atoms with Gasteiger partial charge in [0.1, 0.15) is 0 Å². The minimum Gasteiger partial charge on any atom is -0.345 e. The van der Waals surface area contributed by atoms with Crippen LogP contribution in [0.25, 0.3) is 0 Å². The van der Waals surface area contributed by atoms with Crippen LogP contribution in [0.1, 0.15) is 48.0 Å². The molecule has 1 fully saturated rings. The van der Waals surface area contributed by atoms with Crippen LogP contribution in [0, 0.1) is 6.92 Å². The molecule has 94 valence electrons. The number of hydrogen-bond acceptors (Lipinski definition) is 2. The summed E-state index contributed by atoms with van der Waals surface area (Å²) in [5.74, 6) is 0.549. The predicted octanol–water partition coefficient (Wildman–Crippen LogP) is 3.73. The second kappa shape index (κ2) is 5.40. The topological polar surface area (TPSA) is 29.1 Å². The molecule has 0 aromatic carbocycles. The molecule has 0 bridgehead atoms. The van der Waals surface area contributed by atoms with Crippen molar-refractivity contribution >= 4 is 28.8 Å². The van der Waals surface area contributed by atoms with Crippen molar-refractivity contribution in [2.24, 2.45) is 0 Å². The first-order valence-corrected chi connectivity index (χ1v) is 7.56. The number of rotatable bonds is 3. The first kappa shape index (κ1) is 12.9. The molecule has 0 radical (unpaired) electrons. The number of halogens is 1. The Kier molecular flexibility index (Phi) is 4.10. The molecule has 2 rings (SSSR count). The van der Waals surface area contributed by atoms with Crippen molar-refractivity contribution in [3.63, 3.8) is 0 Å². The van der Waals surface area contributed by atoms with Crippen LogP contribution < -0.4 is 5.32 Å². The van der Waals surface area contributed by atoms with E-state index in [0.29, 0.717) is 5.88 Å². The van der Waals surface area contributed by atoms with Crippen LogP contribution in [0.3, 0.4) is 0 Å². The number of aryl methyl sites for hydroxylation is 1. The molecule has 4 heteroatoms. The highest BCUT2D eigenvalue weighted by Crippen LogP contribution is 2.30. The van der Waals surface area contributed by atoms with Crippen LogP contribution in [-0.4, -0.2) is 17.3 Å². The Morgan fingerprint density at radius 2 is 2.12 bits per heavy atom. The lowest BCUT2D eigenvalue weighted by molar-refractivity contribution is 0.0884.